The van der Waals surface area contributed by atoms with Crippen molar-refractivity contribution in [3.63, 3.8) is 0 Å². The van der Waals surface area contributed by atoms with Gasteiger partial charge in [-0.05, 0) is 32.6 Å². The van der Waals surface area contributed by atoms with E-state index in [2.05, 4.69) is 0 Å². The van der Waals surface area contributed by atoms with E-state index in [4.69, 9.17) is 9.47 Å². The van der Waals surface area contributed by atoms with Crippen molar-refractivity contribution in [3.05, 3.63) is 0 Å². The molecule has 0 aromatic heterocycles. The van der Waals surface area contributed by atoms with E-state index in [1.54, 1.807) is 4.90 Å². The van der Waals surface area contributed by atoms with Crippen molar-refractivity contribution < 1.29 is 24.2 Å². The van der Waals surface area contributed by atoms with Gasteiger partial charge in [0, 0.05) is 6.54 Å². The SMILES string of the molecule is CC(C)(C)OC(=O)N1CCOC(C2(C(=O)O)CC2(C)C)C1. The number of morpholine rings is 1. The van der Waals surface area contributed by atoms with E-state index in [0.717, 1.165) is 0 Å². The molecule has 1 amide bonds. The second-order valence-electron chi connectivity index (χ2n) is 7.62. The second-order valence-corrected chi connectivity index (χ2v) is 7.62. The summed E-state index contributed by atoms with van der Waals surface area (Å²) in [6.45, 7) is 10.3. The molecule has 6 heteroatoms. The number of hydrogen-bond donors (Lipinski definition) is 1. The van der Waals surface area contributed by atoms with Gasteiger partial charge in [-0.3, -0.25) is 4.79 Å². The first-order valence-corrected chi connectivity index (χ1v) is 7.32. The molecule has 0 bridgehead atoms. The first kappa shape index (κ1) is 16.1. The molecule has 0 spiro atoms. The van der Waals surface area contributed by atoms with Crippen LogP contribution in [0.25, 0.3) is 0 Å². The van der Waals surface area contributed by atoms with Crippen molar-refractivity contribution in [2.45, 2.75) is 52.7 Å². The molecule has 2 rings (SSSR count). The zero-order valence-corrected chi connectivity index (χ0v) is 13.4. The van der Waals surface area contributed by atoms with Gasteiger partial charge >= 0.3 is 12.1 Å². The van der Waals surface area contributed by atoms with Gasteiger partial charge in [-0.1, -0.05) is 13.8 Å². The van der Waals surface area contributed by atoms with Crippen LogP contribution in [0.5, 0.6) is 0 Å². The number of amides is 1. The maximum absolute atomic E-state index is 12.1. The fourth-order valence-electron chi connectivity index (χ4n) is 3.15. The van der Waals surface area contributed by atoms with Crippen molar-refractivity contribution in [3.8, 4) is 0 Å². The van der Waals surface area contributed by atoms with Gasteiger partial charge in [0.2, 0.25) is 0 Å². The minimum Gasteiger partial charge on any atom is -0.481 e. The summed E-state index contributed by atoms with van der Waals surface area (Å²) in [6.07, 6.45) is -0.316. The number of carboxylic acid groups (broad SMARTS) is 1. The lowest BCUT2D eigenvalue weighted by Crippen LogP contribution is -2.52. The summed E-state index contributed by atoms with van der Waals surface area (Å²) in [7, 11) is 0. The maximum atomic E-state index is 12.1. The number of carbonyl (C=O) groups excluding carboxylic acids is 1. The molecule has 2 aliphatic rings. The molecule has 0 aromatic rings. The highest BCUT2D eigenvalue weighted by atomic mass is 16.6. The van der Waals surface area contributed by atoms with Gasteiger partial charge in [0.25, 0.3) is 0 Å². The maximum Gasteiger partial charge on any atom is 0.410 e. The molecule has 21 heavy (non-hydrogen) atoms. The summed E-state index contributed by atoms with van der Waals surface area (Å²) in [6, 6.07) is 0. The van der Waals surface area contributed by atoms with E-state index in [1.807, 2.05) is 34.6 Å². The molecule has 1 aliphatic carbocycles. The van der Waals surface area contributed by atoms with Crippen LogP contribution in [0, 0.1) is 10.8 Å². The fraction of sp³-hybridized carbons (Fsp3) is 0.867. The molecule has 2 atom stereocenters. The minimum atomic E-state index is -0.895. The Morgan fingerprint density at radius 1 is 1.33 bits per heavy atom. The predicted octanol–water partition coefficient (Wildman–Crippen LogP) is 2.12. The zero-order chi connectivity index (χ0) is 16.1. The van der Waals surface area contributed by atoms with Crippen LogP contribution in [0.15, 0.2) is 0 Å². The summed E-state index contributed by atoms with van der Waals surface area (Å²) in [5.41, 5.74) is -1.76. The third-order valence-corrected chi connectivity index (χ3v) is 4.45. The van der Waals surface area contributed by atoms with E-state index in [0.29, 0.717) is 19.6 Å². The number of rotatable bonds is 2. The topological polar surface area (TPSA) is 76.1 Å². The summed E-state index contributed by atoms with van der Waals surface area (Å²) in [4.78, 5) is 25.4. The quantitative estimate of drug-likeness (QED) is 0.845. The van der Waals surface area contributed by atoms with Crippen LogP contribution >= 0.6 is 0 Å². The van der Waals surface area contributed by atoms with E-state index >= 15 is 0 Å². The van der Waals surface area contributed by atoms with Crippen molar-refractivity contribution in [2.24, 2.45) is 10.8 Å². The highest BCUT2D eigenvalue weighted by Crippen LogP contribution is 2.66. The van der Waals surface area contributed by atoms with Crippen molar-refractivity contribution in [2.75, 3.05) is 19.7 Å². The van der Waals surface area contributed by atoms with Gasteiger partial charge in [-0.25, -0.2) is 4.79 Å². The number of carbonyl (C=O) groups is 2. The Morgan fingerprint density at radius 2 is 1.90 bits per heavy atom. The zero-order valence-electron chi connectivity index (χ0n) is 13.4. The van der Waals surface area contributed by atoms with Crippen LogP contribution < -0.4 is 0 Å². The Balaban J connectivity index is 2.08. The number of nitrogens with zero attached hydrogens (tertiary/aromatic N) is 1. The van der Waals surface area contributed by atoms with E-state index in [-0.39, 0.29) is 12.0 Å². The first-order valence-electron chi connectivity index (χ1n) is 7.32. The number of hydrogen-bond acceptors (Lipinski definition) is 4. The van der Waals surface area contributed by atoms with E-state index in [1.165, 1.54) is 0 Å². The van der Waals surface area contributed by atoms with Crippen LogP contribution in [-0.2, 0) is 14.3 Å². The number of carboxylic acids is 1. The Kier molecular flexibility index (Phi) is 3.72. The summed E-state index contributed by atoms with van der Waals surface area (Å²) in [5, 5.41) is 9.59. The van der Waals surface area contributed by atoms with Crippen molar-refractivity contribution in [1.29, 1.82) is 0 Å². The Morgan fingerprint density at radius 3 is 2.33 bits per heavy atom. The van der Waals surface area contributed by atoms with Gasteiger partial charge in [-0.15, -0.1) is 0 Å². The van der Waals surface area contributed by atoms with Crippen LogP contribution in [0.4, 0.5) is 4.79 Å². The average molecular weight is 299 g/mol. The van der Waals surface area contributed by atoms with Crippen LogP contribution in [0.1, 0.15) is 41.0 Å². The molecule has 0 aromatic carbocycles. The molecule has 2 fully saturated rings. The smallest absolute Gasteiger partial charge is 0.410 e. The van der Waals surface area contributed by atoms with Crippen LogP contribution in [0.3, 0.4) is 0 Å². The largest absolute Gasteiger partial charge is 0.481 e. The van der Waals surface area contributed by atoms with Gasteiger partial charge in [-0.2, -0.15) is 0 Å². The molecule has 2 unspecified atom stereocenters. The third-order valence-electron chi connectivity index (χ3n) is 4.45. The highest BCUT2D eigenvalue weighted by molar-refractivity contribution is 5.81. The molecule has 1 aliphatic heterocycles. The molecular weight excluding hydrogens is 274 g/mol. The monoisotopic (exact) mass is 299 g/mol. The molecule has 0 radical (unpaired) electrons. The van der Waals surface area contributed by atoms with Gasteiger partial charge < -0.3 is 19.5 Å². The molecule has 6 nitrogen and oxygen atoms in total. The molecule has 1 saturated heterocycles. The molecular formula is C15H25NO5. The Bertz CT molecular complexity index is 453. The summed E-state index contributed by atoms with van der Waals surface area (Å²) < 4.78 is 11.0. The average Bonchev–Trinajstić information content (AvgIpc) is 2.92. The normalized spacial score (nSPS) is 31.7. The lowest BCUT2D eigenvalue weighted by Gasteiger charge is -2.37. The molecule has 1 saturated carbocycles. The highest BCUT2D eigenvalue weighted by Gasteiger charge is 2.71. The Hall–Kier alpha value is -1.30. The lowest BCUT2D eigenvalue weighted by atomic mass is 9.89. The minimum absolute atomic E-state index is 0.268. The molecule has 1 heterocycles. The number of ether oxygens (including phenoxy) is 2. The fourth-order valence-corrected chi connectivity index (χ4v) is 3.15. The number of aliphatic carboxylic acids is 1. The lowest BCUT2D eigenvalue weighted by molar-refractivity contribution is -0.157. The van der Waals surface area contributed by atoms with Crippen LogP contribution in [0.2, 0.25) is 0 Å². The van der Waals surface area contributed by atoms with Gasteiger partial charge in [0.15, 0.2) is 0 Å². The van der Waals surface area contributed by atoms with Crippen LogP contribution in [-0.4, -0.2) is 53.5 Å². The first-order chi connectivity index (χ1) is 9.49. The van der Waals surface area contributed by atoms with Crippen molar-refractivity contribution >= 4 is 12.1 Å². The summed E-state index contributed by atoms with van der Waals surface area (Å²) in [5.74, 6) is -0.844. The standard InChI is InChI=1S/C15H25NO5/c1-13(2,3)21-12(19)16-6-7-20-10(8-16)15(11(17)18)9-14(15,4)5/h10H,6-9H2,1-5H3,(H,17,18). The van der Waals surface area contributed by atoms with Gasteiger partial charge in [0.1, 0.15) is 11.0 Å². The predicted molar refractivity (Wildman–Crippen MR) is 76.0 cm³/mol. The Labute approximate surface area is 125 Å². The molecule has 120 valence electrons. The summed E-state index contributed by atoms with van der Waals surface area (Å²) >= 11 is 0. The van der Waals surface area contributed by atoms with Gasteiger partial charge in [0.05, 0.1) is 19.3 Å². The van der Waals surface area contributed by atoms with E-state index in [9.17, 15) is 14.7 Å². The second kappa shape index (κ2) is 4.87. The van der Waals surface area contributed by atoms with Crippen molar-refractivity contribution in [1.82, 2.24) is 4.90 Å². The van der Waals surface area contributed by atoms with E-state index < -0.39 is 29.2 Å². The molecule has 1 N–H and O–H groups in total. The third kappa shape index (κ3) is 2.86.